The molecule has 2 rings (SSSR count). The lowest BCUT2D eigenvalue weighted by Crippen LogP contribution is -2.31. The second-order valence-corrected chi connectivity index (χ2v) is 8.29. The van der Waals surface area contributed by atoms with Crippen LogP contribution in [0.1, 0.15) is 5.56 Å². The van der Waals surface area contributed by atoms with Gasteiger partial charge in [0, 0.05) is 9.80 Å². The molecule has 0 aromatic heterocycles. The van der Waals surface area contributed by atoms with Gasteiger partial charge in [-0.1, -0.05) is 57.9 Å². The topological polar surface area (TPSA) is 37.4 Å². The van der Waals surface area contributed by atoms with Crippen LogP contribution in [-0.2, 0) is 10.0 Å². The first kappa shape index (κ1) is 18.2. The summed E-state index contributed by atoms with van der Waals surface area (Å²) in [6.07, 6.45) is 3.72. The maximum Gasteiger partial charge on any atom is 0.264 e. The number of benzene rings is 2. The summed E-state index contributed by atoms with van der Waals surface area (Å²) in [6.45, 7) is 2.20. The Morgan fingerprint density at radius 2 is 1.70 bits per heavy atom. The normalized spacial score (nSPS) is 11.8. The number of halogens is 2. The number of anilines is 1. The van der Waals surface area contributed by atoms with Crippen LogP contribution in [0.5, 0.6) is 0 Å². The zero-order chi connectivity index (χ0) is 16.9. The third-order valence-corrected chi connectivity index (χ3v) is 6.10. The average Bonchev–Trinajstić information content (AvgIpc) is 2.53. The number of para-hydroxylation sites is 1. The highest BCUT2D eigenvalue weighted by Crippen LogP contribution is 2.30. The molecule has 0 aliphatic rings. The largest absolute Gasteiger partial charge is 0.264 e. The molecular weight excluding hydrogens is 442 g/mol. The molecule has 3 nitrogen and oxygen atoms in total. The smallest absolute Gasteiger partial charge is 0.261 e. The summed E-state index contributed by atoms with van der Waals surface area (Å²) in [5, 5.41) is 0.682. The average molecular weight is 459 g/mol. The van der Waals surface area contributed by atoms with Gasteiger partial charge in [0.1, 0.15) is 0 Å². The zero-order valence-corrected chi connectivity index (χ0v) is 16.6. The first-order chi connectivity index (χ1) is 11.0. The van der Waals surface area contributed by atoms with Crippen molar-refractivity contribution in [1.82, 2.24) is 0 Å². The molecule has 0 aliphatic carbocycles. The second kappa shape index (κ2) is 8.13. The van der Waals surface area contributed by atoms with E-state index < -0.39 is 10.0 Å². The molecule has 0 unspecified atom stereocenters. The Bertz CT molecular complexity index is 786. The summed E-state index contributed by atoms with van der Waals surface area (Å²) in [6, 6.07) is 14.2. The Morgan fingerprint density at radius 3 is 2.30 bits per heavy atom. The zero-order valence-electron chi connectivity index (χ0n) is 12.6. The van der Waals surface area contributed by atoms with Crippen molar-refractivity contribution in [2.24, 2.45) is 0 Å². The summed E-state index contributed by atoms with van der Waals surface area (Å²) >= 11 is 6.75. The molecule has 6 heteroatoms. The highest BCUT2D eigenvalue weighted by molar-refractivity contribution is 9.10. The molecule has 0 amide bonds. The van der Waals surface area contributed by atoms with Gasteiger partial charge in [0.15, 0.2) is 0 Å². The van der Waals surface area contributed by atoms with Crippen molar-refractivity contribution >= 4 is 47.6 Å². The molecule has 0 radical (unpaired) electrons. The molecule has 23 heavy (non-hydrogen) atoms. The Labute approximate surface area is 154 Å². The van der Waals surface area contributed by atoms with Gasteiger partial charge < -0.3 is 0 Å². The predicted molar refractivity (Wildman–Crippen MR) is 103 cm³/mol. The SMILES string of the molecule is Cc1ccc(S(=O)(=O)N(C/C=C/CBr)c2ccccc2Br)cc1. The molecule has 0 fully saturated rings. The van der Waals surface area contributed by atoms with E-state index in [9.17, 15) is 8.42 Å². The van der Waals surface area contributed by atoms with Crippen LogP contribution < -0.4 is 4.31 Å². The number of aryl methyl sites for hydroxylation is 1. The minimum absolute atomic E-state index is 0.268. The van der Waals surface area contributed by atoms with E-state index in [1.807, 2.05) is 37.3 Å². The van der Waals surface area contributed by atoms with E-state index in [4.69, 9.17) is 0 Å². The third-order valence-electron chi connectivity index (χ3n) is 3.26. The van der Waals surface area contributed by atoms with Crippen molar-refractivity contribution in [2.75, 3.05) is 16.2 Å². The van der Waals surface area contributed by atoms with E-state index >= 15 is 0 Å². The van der Waals surface area contributed by atoms with Gasteiger partial charge in [-0.2, -0.15) is 0 Å². The van der Waals surface area contributed by atoms with Gasteiger partial charge in [-0.3, -0.25) is 4.31 Å². The number of rotatable bonds is 6. The molecule has 122 valence electrons. The van der Waals surface area contributed by atoms with E-state index in [-0.39, 0.29) is 11.4 Å². The molecular formula is C17H17Br2NO2S. The standard InChI is InChI=1S/C17H17Br2NO2S/c1-14-8-10-15(11-9-14)23(21,22)20(13-5-4-12-18)17-7-3-2-6-16(17)19/h2-11H,12-13H2,1H3/b5-4+. The molecule has 0 heterocycles. The van der Waals surface area contributed by atoms with E-state index in [0.29, 0.717) is 11.0 Å². The molecule has 0 aliphatic heterocycles. The number of sulfonamides is 1. The van der Waals surface area contributed by atoms with Crippen molar-refractivity contribution in [3.05, 3.63) is 70.7 Å². The monoisotopic (exact) mass is 457 g/mol. The third kappa shape index (κ3) is 4.46. The molecule has 0 N–H and O–H groups in total. The van der Waals surface area contributed by atoms with Crippen molar-refractivity contribution in [1.29, 1.82) is 0 Å². The minimum atomic E-state index is -3.64. The highest BCUT2D eigenvalue weighted by Gasteiger charge is 2.25. The Hall–Kier alpha value is -1.11. The lowest BCUT2D eigenvalue weighted by Gasteiger charge is -2.24. The number of hydrogen-bond donors (Lipinski definition) is 0. The van der Waals surface area contributed by atoms with Crippen molar-refractivity contribution in [3.63, 3.8) is 0 Å². The molecule has 2 aromatic carbocycles. The minimum Gasteiger partial charge on any atom is -0.261 e. The van der Waals surface area contributed by atoms with Crippen LogP contribution in [0.3, 0.4) is 0 Å². The van der Waals surface area contributed by atoms with E-state index in [0.717, 1.165) is 10.0 Å². The fourth-order valence-electron chi connectivity index (χ4n) is 2.05. The number of allylic oxidation sites excluding steroid dienone is 1. The number of hydrogen-bond acceptors (Lipinski definition) is 2. The summed E-state index contributed by atoms with van der Waals surface area (Å²) in [7, 11) is -3.64. The van der Waals surface area contributed by atoms with Gasteiger partial charge >= 0.3 is 0 Å². The lowest BCUT2D eigenvalue weighted by atomic mass is 10.2. The van der Waals surface area contributed by atoms with E-state index in [1.165, 1.54) is 4.31 Å². The van der Waals surface area contributed by atoms with Crippen LogP contribution in [0.2, 0.25) is 0 Å². The van der Waals surface area contributed by atoms with E-state index in [1.54, 1.807) is 30.3 Å². The first-order valence-electron chi connectivity index (χ1n) is 7.01. The van der Waals surface area contributed by atoms with Crippen molar-refractivity contribution < 1.29 is 8.42 Å². The van der Waals surface area contributed by atoms with Gasteiger partial charge in [-0.15, -0.1) is 0 Å². The molecule has 0 spiro atoms. The Morgan fingerprint density at radius 1 is 1.04 bits per heavy atom. The number of alkyl halides is 1. The quantitative estimate of drug-likeness (QED) is 0.455. The Kier molecular flexibility index (Phi) is 6.44. The summed E-state index contributed by atoms with van der Waals surface area (Å²) in [5.41, 5.74) is 1.64. The summed E-state index contributed by atoms with van der Waals surface area (Å²) in [4.78, 5) is 0.283. The summed E-state index contributed by atoms with van der Waals surface area (Å²) < 4.78 is 28.2. The fraction of sp³-hybridized carbons (Fsp3) is 0.176. The van der Waals surface area contributed by atoms with Gasteiger partial charge in [-0.25, -0.2) is 8.42 Å². The molecule has 0 saturated carbocycles. The number of nitrogens with zero attached hydrogens (tertiary/aromatic N) is 1. The van der Waals surface area contributed by atoms with Crippen LogP contribution in [-0.4, -0.2) is 20.3 Å². The molecule has 2 aromatic rings. The van der Waals surface area contributed by atoms with Gasteiger partial charge in [-0.05, 0) is 47.1 Å². The van der Waals surface area contributed by atoms with Crippen LogP contribution in [0.4, 0.5) is 5.69 Å². The lowest BCUT2D eigenvalue weighted by molar-refractivity contribution is 0.592. The first-order valence-corrected chi connectivity index (χ1v) is 10.4. The van der Waals surface area contributed by atoms with Crippen LogP contribution in [0, 0.1) is 6.92 Å². The van der Waals surface area contributed by atoms with Gasteiger partial charge in [0.2, 0.25) is 0 Å². The van der Waals surface area contributed by atoms with Crippen LogP contribution >= 0.6 is 31.9 Å². The molecule has 0 atom stereocenters. The summed E-state index contributed by atoms with van der Waals surface area (Å²) in [5.74, 6) is 0. The maximum atomic E-state index is 13.1. The fourth-order valence-corrected chi connectivity index (χ4v) is 4.37. The Balaban J connectivity index is 2.50. The van der Waals surface area contributed by atoms with Crippen molar-refractivity contribution in [2.45, 2.75) is 11.8 Å². The molecule has 0 bridgehead atoms. The van der Waals surface area contributed by atoms with Gasteiger partial charge in [0.25, 0.3) is 10.0 Å². The van der Waals surface area contributed by atoms with Crippen LogP contribution in [0.25, 0.3) is 0 Å². The van der Waals surface area contributed by atoms with Crippen LogP contribution in [0.15, 0.2) is 70.1 Å². The molecule has 0 saturated heterocycles. The van der Waals surface area contributed by atoms with Crippen molar-refractivity contribution in [3.8, 4) is 0 Å². The second-order valence-electron chi connectivity index (χ2n) is 4.93. The van der Waals surface area contributed by atoms with E-state index in [2.05, 4.69) is 31.9 Å². The van der Waals surface area contributed by atoms with Gasteiger partial charge in [0.05, 0.1) is 17.1 Å². The highest BCUT2D eigenvalue weighted by atomic mass is 79.9. The predicted octanol–water partition coefficient (Wildman–Crippen LogP) is 4.90. The maximum absolute atomic E-state index is 13.1.